The first-order valence-electron chi connectivity index (χ1n) is 10.1. The summed E-state index contributed by atoms with van der Waals surface area (Å²) in [4.78, 5) is 23.2. The molecule has 1 aromatic carbocycles. The minimum absolute atomic E-state index is 0.159. The molecule has 1 aromatic heterocycles. The Labute approximate surface area is 166 Å². The second-order valence-corrected chi connectivity index (χ2v) is 9.08. The van der Waals surface area contributed by atoms with Crippen molar-refractivity contribution in [3.8, 4) is 10.6 Å². The molecule has 5 heteroatoms. The van der Waals surface area contributed by atoms with Crippen LogP contribution in [0.2, 0.25) is 0 Å². The van der Waals surface area contributed by atoms with Gasteiger partial charge in [0.25, 0.3) is 5.91 Å². The quantitative estimate of drug-likeness (QED) is 0.786. The lowest BCUT2D eigenvalue weighted by Gasteiger charge is -2.37. The Bertz CT molecular complexity index is 810. The predicted octanol–water partition coefficient (Wildman–Crippen LogP) is 4.44. The van der Waals surface area contributed by atoms with E-state index >= 15 is 0 Å². The number of nitrogens with zero attached hydrogens (tertiary/aromatic N) is 3. The molecule has 2 aliphatic rings. The van der Waals surface area contributed by atoms with Gasteiger partial charge in [0, 0.05) is 37.8 Å². The zero-order valence-electron chi connectivity index (χ0n) is 16.6. The number of hydrogen-bond donors (Lipinski definition) is 0. The lowest BCUT2D eigenvalue weighted by Crippen LogP contribution is -2.51. The Hall–Kier alpha value is -1.72. The number of piperazine rings is 1. The molecule has 2 heterocycles. The summed E-state index contributed by atoms with van der Waals surface area (Å²) in [5.41, 5.74) is 4.44. The number of aryl methyl sites for hydroxylation is 3. The highest BCUT2D eigenvalue weighted by Crippen LogP contribution is 2.31. The van der Waals surface area contributed by atoms with E-state index in [9.17, 15) is 4.79 Å². The molecule has 1 aliphatic carbocycles. The van der Waals surface area contributed by atoms with Crippen LogP contribution in [-0.2, 0) is 0 Å². The van der Waals surface area contributed by atoms with Crippen LogP contribution in [0.15, 0.2) is 18.2 Å². The van der Waals surface area contributed by atoms with Gasteiger partial charge in [0.15, 0.2) is 0 Å². The fraction of sp³-hybridized carbons (Fsp3) is 0.545. The normalized spacial score (nSPS) is 19.0. The van der Waals surface area contributed by atoms with Crippen LogP contribution in [0.5, 0.6) is 0 Å². The molecule has 27 heavy (non-hydrogen) atoms. The standard InChI is InChI=1S/C22H29N3OS/c1-15-12-16(2)14-18(13-15)21-23-17(3)20(27-21)22(26)25-10-8-24(9-11-25)19-6-4-5-7-19/h12-14,19H,4-11H2,1-3H3. The van der Waals surface area contributed by atoms with Crippen molar-refractivity contribution >= 4 is 17.2 Å². The number of benzene rings is 1. The van der Waals surface area contributed by atoms with Crippen LogP contribution in [0, 0.1) is 20.8 Å². The van der Waals surface area contributed by atoms with Crippen molar-refractivity contribution in [2.24, 2.45) is 0 Å². The van der Waals surface area contributed by atoms with Gasteiger partial charge in [-0.05, 0) is 45.7 Å². The Balaban J connectivity index is 1.47. The largest absolute Gasteiger partial charge is 0.335 e. The summed E-state index contributed by atoms with van der Waals surface area (Å²) >= 11 is 1.54. The van der Waals surface area contributed by atoms with Crippen LogP contribution in [-0.4, -0.2) is 52.9 Å². The molecular weight excluding hydrogens is 354 g/mol. The Kier molecular flexibility index (Phi) is 5.33. The summed E-state index contributed by atoms with van der Waals surface area (Å²) in [6, 6.07) is 7.23. The third-order valence-corrected chi connectivity index (χ3v) is 7.10. The molecule has 0 N–H and O–H groups in total. The molecule has 0 spiro atoms. The summed E-state index contributed by atoms with van der Waals surface area (Å²) in [6.07, 6.45) is 5.40. The van der Waals surface area contributed by atoms with Crippen molar-refractivity contribution in [2.75, 3.05) is 26.2 Å². The molecule has 144 valence electrons. The number of amides is 1. The molecule has 1 aliphatic heterocycles. The fourth-order valence-electron chi connectivity index (χ4n) is 4.52. The molecule has 0 unspecified atom stereocenters. The van der Waals surface area contributed by atoms with E-state index in [0.29, 0.717) is 0 Å². The molecule has 2 aromatic rings. The molecule has 1 amide bonds. The minimum Gasteiger partial charge on any atom is -0.335 e. The molecule has 4 rings (SSSR count). The highest BCUT2D eigenvalue weighted by molar-refractivity contribution is 7.17. The van der Waals surface area contributed by atoms with E-state index in [0.717, 1.165) is 53.4 Å². The smallest absolute Gasteiger partial charge is 0.265 e. The number of carbonyl (C=O) groups excluding carboxylic acids is 1. The molecule has 1 saturated heterocycles. The number of carbonyl (C=O) groups is 1. The fourth-order valence-corrected chi connectivity index (χ4v) is 5.54. The minimum atomic E-state index is 0.159. The van der Waals surface area contributed by atoms with E-state index < -0.39 is 0 Å². The number of rotatable bonds is 3. The van der Waals surface area contributed by atoms with Gasteiger partial charge in [-0.3, -0.25) is 9.69 Å². The third kappa shape index (κ3) is 3.94. The average molecular weight is 384 g/mol. The molecule has 4 nitrogen and oxygen atoms in total. The Morgan fingerprint density at radius 3 is 2.26 bits per heavy atom. The Morgan fingerprint density at radius 1 is 1.00 bits per heavy atom. The number of aromatic nitrogens is 1. The lowest BCUT2D eigenvalue weighted by atomic mass is 10.1. The molecule has 0 bridgehead atoms. The summed E-state index contributed by atoms with van der Waals surface area (Å²) in [7, 11) is 0. The predicted molar refractivity (Wildman–Crippen MR) is 111 cm³/mol. The van der Waals surface area contributed by atoms with Gasteiger partial charge < -0.3 is 4.90 Å². The molecule has 0 atom stereocenters. The maximum Gasteiger partial charge on any atom is 0.265 e. The monoisotopic (exact) mass is 383 g/mol. The highest BCUT2D eigenvalue weighted by Gasteiger charge is 2.29. The first kappa shape index (κ1) is 18.6. The van der Waals surface area contributed by atoms with Crippen molar-refractivity contribution in [3.05, 3.63) is 39.9 Å². The molecule has 1 saturated carbocycles. The first-order chi connectivity index (χ1) is 13.0. The van der Waals surface area contributed by atoms with Gasteiger partial charge in [0.1, 0.15) is 9.88 Å². The zero-order valence-corrected chi connectivity index (χ0v) is 17.4. The Morgan fingerprint density at radius 2 is 1.63 bits per heavy atom. The van der Waals surface area contributed by atoms with Crippen LogP contribution in [0.25, 0.3) is 10.6 Å². The highest BCUT2D eigenvalue weighted by atomic mass is 32.1. The topological polar surface area (TPSA) is 36.4 Å². The van der Waals surface area contributed by atoms with Gasteiger partial charge in [-0.2, -0.15) is 0 Å². The van der Waals surface area contributed by atoms with Crippen LogP contribution in [0.1, 0.15) is 52.2 Å². The van der Waals surface area contributed by atoms with E-state index in [4.69, 9.17) is 4.98 Å². The van der Waals surface area contributed by atoms with Gasteiger partial charge in [-0.1, -0.05) is 30.0 Å². The van der Waals surface area contributed by atoms with E-state index in [2.05, 4.69) is 36.9 Å². The summed E-state index contributed by atoms with van der Waals surface area (Å²) in [5.74, 6) is 0.159. The summed E-state index contributed by atoms with van der Waals surface area (Å²) in [6.45, 7) is 9.87. The number of thiazole rings is 1. The molecular formula is C22H29N3OS. The van der Waals surface area contributed by atoms with Crippen LogP contribution >= 0.6 is 11.3 Å². The van der Waals surface area contributed by atoms with Gasteiger partial charge in [0.2, 0.25) is 0 Å². The lowest BCUT2D eigenvalue weighted by molar-refractivity contribution is 0.0577. The summed E-state index contributed by atoms with van der Waals surface area (Å²) < 4.78 is 0. The maximum atomic E-state index is 13.1. The van der Waals surface area contributed by atoms with E-state index in [1.807, 2.05) is 11.8 Å². The van der Waals surface area contributed by atoms with Gasteiger partial charge in [-0.15, -0.1) is 11.3 Å². The SMILES string of the molecule is Cc1cc(C)cc(-c2nc(C)c(C(=O)N3CCN(C4CCCC4)CC3)s2)c1. The second-order valence-electron chi connectivity index (χ2n) is 8.08. The van der Waals surface area contributed by atoms with Crippen molar-refractivity contribution < 1.29 is 4.79 Å². The molecule has 2 fully saturated rings. The maximum absolute atomic E-state index is 13.1. The van der Waals surface area contributed by atoms with Crippen LogP contribution < -0.4 is 0 Å². The second kappa shape index (κ2) is 7.72. The van der Waals surface area contributed by atoms with E-state index in [1.54, 1.807) is 11.3 Å². The third-order valence-electron chi connectivity index (χ3n) is 5.90. The van der Waals surface area contributed by atoms with E-state index in [1.165, 1.54) is 36.8 Å². The van der Waals surface area contributed by atoms with Crippen molar-refractivity contribution in [2.45, 2.75) is 52.5 Å². The van der Waals surface area contributed by atoms with Gasteiger partial charge in [0.05, 0.1) is 5.69 Å². The first-order valence-corrected chi connectivity index (χ1v) is 10.9. The number of hydrogen-bond acceptors (Lipinski definition) is 4. The average Bonchev–Trinajstić information content (AvgIpc) is 3.30. The molecule has 0 radical (unpaired) electrons. The van der Waals surface area contributed by atoms with E-state index in [-0.39, 0.29) is 5.91 Å². The zero-order chi connectivity index (χ0) is 19.0. The van der Waals surface area contributed by atoms with Crippen molar-refractivity contribution in [3.63, 3.8) is 0 Å². The van der Waals surface area contributed by atoms with Crippen molar-refractivity contribution in [1.29, 1.82) is 0 Å². The van der Waals surface area contributed by atoms with Gasteiger partial charge in [-0.25, -0.2) is 4.98 Å². The van der Waals surface area contributed by atoms with Crippen molar-refractivity contribution in [1.82, 2.24) is 14.8 Å². The van der Waals surface area contributed by atoms with Gasteiger partial charge >= 0.3 is 0 Å². The van der Waals surface area contributed by atoms with Crippen LogP contribution in [0.4, 0.5) is 0 Å². The van der Waals surface area contributed by atoms with Crippen LogP contribution in [0.3, 0.4) is 0 Å². The summed E-state index contributed by atoms with van der Waals surface area (Å²) in [5, 5.41) is 0.951.